The Morgan fingerprint density at radius 3 is 1.61 bits per heavy atom. The zero-order valence-electron chi connectivity index (χ0n) is 10.9. The summed E-state index contributed by atoms with van der Waals surface area (Å²) in [5, 5.41) is 8.62. The molecular formula is C12H8F10O. The van der Waals surface area contributed by atoms with Crippen LogP contribution in [0.4, 0.5) is 43.9 Å². The first-order valence-corrected chi connectivity index (χ1v) is 5.80. The van der Waals surface area contributed by atoms with Gasteiger partial charge in [-0.2, -0.15) is 43.9 Å². The van der Waals surface area contributed by atoms with Crippen LogP contribution < -0.4 is 0 Å². The molecule has 1 rings (SSSR count). The monoisotopic (exact) mass is 358 g/mol. The first-order chi connectivity index (χ1) is 10.2. The molecule has 132 valence electrons. The first-order valence-electron chi connectivity index (χ1n) is 5.80. The van der Waals surface area contributed by atoms with Crippen molar-refractivity contribution in [1.29, 1.82) is 0 Å². The van der Waals surface area contributed by atoms with E-state index in [1.807, 2.05) is 0 Å². The number of aliphatic hydroxyl groups is 1. The van der Waals surface area contributed by atoms with Crippen LogP contribution in [-0.4, -0.2) is 24.1 Å². The van der Waals surface area contributed by atoms with Crippen LogP contribution in [0.25, 0.3) is 0 Å². The summed E-state index contributed by atoms with van der Waals surface area (Å²) in [6.07, 6.45) is -13.2. The van der Waals surface area contributed by atoms with E-state index in [1.54, 1.807) is 0 Å². The molecule has 0 saturated carbocycles. The molecular weight excluding hydrogens is 350 g/mol. The van der Waals surface area contributed by atoms with Gasteiger partial charge in [0.15, 0.2) is 0 Å². The lowest BCUT2D eigenvalue weighted by molar-refractivity contribution is -0.292. The highest BCUT2D eigenvalue weighted by molar-refractivity contribution is 5.38. The lowest BCUT2D eigenvalue weighted by Gasteiger charge is -2.25. The first kappa shape index (κ1) is 19.5. The van der Waals surface area contributed by atoms with Gasteiger partial charge in [-0.05, 0) is 18.1 Å². The highest BCUT2D eigenvalue weighted by Crippen LogP contribution is 2.49. The Morgan fingerprint density at radius 2 is 1.22 bits per heavy atom. The fourth-order valence-corrected chi connectivity index (χ4v) is 1.72. The minimum Gasteiger partial charge on any atom is -0.396 e. The number of benzene rings is 1. The zero-order chi connectivity index (χ0) is 18.3. The van der Waals surface area contributed by atoms with Gasteiger partial charge >= 0.3 is 24.2 Å². The number of rotatable bonds is 4. The number of hydrogen-bond acceptors (Lipinski definition) is 1. The van der Waals surface area contributed by atoms with Crippen LogP contribution in [0.5, 0.6) is 0 Å². The van der Waals surface area contributed by atoms with Crippen molar-refractivity contribution in [2.45, 2.75) is 30.6 Å². The van der Waals surface area contributed by atoms with Crippen LogP contribution in [0.3, 0.4) is 0 Å². The molecule has 0 bridgehead atoms. The highest BCUT2D eigenvalue weighted by atomic mass is 19.4. The molecule has 1 nitrogen and oxygen atoms in total. The Morgan fingerprint density at radius 1 is 0.739 bits per heavy atom. The molecule has 0 fully saturated rings. The Bertz CT molecular complexity index is 558. The van der Waals surface area contributed by atoms with Crippen LogP contribution in [0.15, 0.2) is 18.2 Å². The minimum atomic E-state index is -6.21. The number of alkyl halides is 10. The molecule has 0 aromatic heterocycles. The van der Waals surface area contributed by atoms with Crippen molar-refractivity contribution in [3.05, 3.63) is 34.9 Å². The predicted molar refractivity (Wildman–Crippen MR) is 57.1 cm³/mol. The van der Waals surface area contributed by atoms with E-state index in [1.165, 1.54) is 0 Å². The lowest BCUT2D eigenvalue weighted by Crippen LogP contribution is -2.37. The quantitative estimate of drug-likeness (QED) is 0.785. The van der Waals surface area contributed by atoms with Crippen LogP contribution in [0.1, 0.15) is 16.7 Å². The summed E-state index contributed by atoms with van der Waals surface area (Å²) in [6.45, 7) is -0.907. The van der Waals surface area contributed by atoms with Crippen LogP contribution in [-0.2, 0) is 18.3 Å². The summed E-state index contributed by atoms with van der Waals surface area (Å²) in [5.41, 5.74) is -5.00. The minimum absolute atomic E-state index is 0.0917. The van der Waals surface area contributed by atoms with E-state index in [0.717, 1.165) is 0 Å². The fourth-order valence-electron chi connectivity index (χ4n) is 1.72. The van der Waals surface area contributed by atoms with Crippen molar-refractivity contribution in [1.82, 2.24) is 0 Å². The normalized spacial score (nSPS) is 14.2. The van der Waals surface area contributed by atoms with Gasteiger partial charge in [0.25, 0.3) is 0 Å². The lowest BCUT2D eigenvalue weighted by atomic mass is 9.94. The van der Waals surface area contributed by atoms with Gasteiger partial charge in [-0.1, -0.05) is 12.1 Å². The van der Waals surface area contributed by atoms with Gasteiger partial charge in [-0.25, -0.2) is 0 Å². The molecule has 0 atom stereocenters. The molecule has 23 heavy (non-hydrogen) atoms. The Labute approximate surface area is 122 Å². The summed E-state index contributed by atoms with van der Waals surface area (Å²) in [4.78, 5) is 0. The van der Waals surface area contributed by atoms with Crippen molar-refractivity contribution >= 4 is 0 Å². The summed E-state index contributed by atoms with van der Waals surface area (Å²) in [6, 6.07) is -0.166. The summed E-state index contributed by atoms with van der Waals surface area (Å²) < 4.78 is 127. The molecule has 0 aliphatic rings. The fraction of sp³-hybridized carbons (Fsp3) is 0.500. The van der Waals surface area contributed by atoms with Crippen molar-refractivity contribution in [2.75, 3.05) is 6.61 Å². The van der Waals surface area contributed by atoms with Crippen LogP contribution in [0, 0.1) is 0 Å². The summed E-state index contributed by atoms with van der Waals surface area (Å²) in [5.74, 6) is -11.3. The largest absolute Gasteiger partial charge is 0.458 e. The maximum atomic E-state index is 13.4. The molecule has 1 aromatic rings. The summed E-state index contributed by atoms with van der Waals surface area (Å²) >= 11 is 0. The third kappa shape index (κ3) is 3.54. The van der Waals surface area contributed by atoms with Gasteiger partial charge < -0.3 is 5.11 Å². The summed E-state index contributed by atoms with van der Waals surface area (Å²) in [7, 11) is 0. The zero-order valence-corrected chi connectivity index (χ0v) is 10.9. The van der Waals surface area contributed by atoms with E-state index in [4.69, 9.17) is 5.11 Å². The van der Waals surface area contributed by atoms with E-state index < -0.39 is 60.0 Å². The smallest absolute Gasteiger partial charge is 0.396 e. The third-order valence-electron chi connectivity index (χ3n) is 2.90. The van der Waals surface area contributed by atoms with Crippen LogP contribution >= 0.6 is 0 Å². The average molecular weight is 358 g/mol. The van der Waals surface area contributed by atoms with E-state index in [9.17, 15) is 43.9 Å². The van der Waals surface area contributed by atoms with E-state index in [0.29, 0.717) is 0 Å². The predicted octanol–water partition coefficient (Wildman–Crippen LogP) is 4.53. The Balaban J connectivity index is 3.58. The second-order valence-corrected chi connectivity index (χ2v) is 4.49. The molecule has 0 saturated heterocycles. The van der Waals surface area contributed by atoms with Crippen molar-refractivity contribution < 1.29 is 49.0 Å². The molecule has 0 spiro atoms. The second-order valence-electron chi connectivity index (χ2n) is 4.49. The molecule has 0 aliphatic heterocycles. The van der Waals surface area contributed by atoms with Gasteiger partial charge in [-0.15, -0.1) is 0 Å². The van der Waals surface area contributed by atoms with Crippen molar-refractivity contribution in [3.63, 3.8) is 0 Å². The molecule has 1 N–H and O–H groups in total. The average Bonchev–Trinajstić information content (AvgIpc) is 2.36. The molecule has 0 aliphatic carbocycles. The van der Waals surface area contributed by atoms with Gasteiger partial charge in [0.2, 0.25) is 0 Å². The Kier molecular flexibility index (Phi) is 4.96. The molecule has 0 radical (unpaired) electrons. The second kappa shape index (κ2) is 5.84. The van der Waals surface area contributed by atoms with Gasteiger partial charge in [0, 0.05) is 17.7 Å². The van der Waals surface area contributed by atoms with Gasteiger partial charge in [-0.3, -0.25) is 0 Å². The topological polar surface area (TPSA) is 20.2 Å². The molecule has 1 aromatic carbocycles. The molecule has 0 heterocycles. The van der Waals surface area contributed by atoms with Crippen molar-refractivity contribution in [2.24, 2.45) is 0 Å². The van der Waals surface area contributed by atoms with Crippen molar-refractivity contribution in [3.8, 4) is 0 Å². The van der Waals surface area contributed by atoms with E-state index >= 15 is 0 Å². The van der Waals surface area contributed by atoms with E-state index in [2.05, 4.69) is 0 Å². The number of halogens is 10. The third-order valence-corrected chi connectivity index (χ3v) is 2.90. The molecule has 0 amide bonds. The Hall–Kier alpha value is -1.52. The highest BCUT2D eigenvalue weighted by Gasteiger charge is 2.62. The number of aliphatic hydroxyl groups excluding tert-OH is 1. The SMILES string of the molecule is OCCc1ccc(C(F)(F)C(F)(F)F)cc1C(F)(F)C(F)(F)F. The maximum Gasteiger partial charge on any atom is 0.458 e. The standard InChI is InChI=1S/C12H8F10O/c13-9(14,11(17,18)19)7-2-1-6(3-4-23)8(5-7)10(15,16)12(20,21)22/h1-2,5,23H,3-4H2. The van der Waals surface area contributed by atoms with Gasteiger partial charge in [0.05, 0.1) is 0 Å². The molecule has 0 unspecified atom stereocenters. The van der Waals surface area contributed by atoms with Gasteiger partial charge in [0.1, 0.15) is 0 Å². The van der Waals surface area contributed by atoms with E-state index in [-0.39, 0.29) is 12.1 Å². The molecule has 11 heteroatoms. The maximum absolute atomic E-state index is 13.4. The van der Waals surface area contributed by atoms with Crippen LogP contribution in [0.2, 0.25) is 0 Å². The number of hydrogen-bond donors (Lipinski definition) is 1.